The van der Waals surface area contributed by atoms with Crippen LogP contribution in [0.1, 0.15) is 10.5 Å². The van der Waals surface area contributed by atoms with Crippen LogP contribution in [0.15, 0.2) is 52.1 Å². The molecule has 1 aromatic heterocycles. The summed E-state index contributed by atoms with van der Waals surface area (Å²) in [6.07, 6.45) is -7.70. The summed E-state index contributed by atoms with van der Waals surface area (Å²) < 4.78 is 81.3. The van der Waals surface area contributed by atoms with Crippen LogP contribution in [-0.4, -0.2) is 41.5 Å². The minimum Gasteiger partial charge on any atom is -0.475 e. The summed E-state index contributed by atoms with van der Waals surface area (Å²) in [6, 6.07) is 8.12. The van der Waals surface area contributed by atoms with Crippen LogP contribution in [-0.2, 0) is 0 Å². The first-order valence-electron chi connectivity index (χ1n) is 9.62. The quantitative estimate of drug-likeness (QED) is 0.286. The molecular weight excluding hydrogens is 470 g/mol. The number of fused-ring (bicyclic) bond motifs is 2. The van der Waals surface area contributed by atoms with Gasteiger partial charge in [-0.2, -0.15) is 26.3 Å². The van der Waals surface area contributed by atoms with Gasteiger partial charge in [0.25, 0.3) is 5.69 Å². The molecule has 2 heterocycles. The lowest BCUT2D eigenvalue weighted by molar-refractivity contribution is -0.362. The maximum atomic E-state index is 12.6. The molecule has 34 heavy (non-hydrogen) atoms. The van der Waals surface area contributed by atoms with Crippen molar-refractivity contribution >= 4 is 22.6 Å². The fourth-order valence-corrected chi connectivity index (χ4v) is 3.43. The highest BCUT2D eigenvalue weighted by Crippen LogP contribution is 2.40. The SMILES string of the molecule is O=C(O)c1[nH]c[nH+]c1-c1c2ccc(=NCC(F)(F)F)cc-2oc2cc(NCC(F)(F)F)ccc12. The van der Waals surface area contributed by atoms with Gasteiger partial charge in [0.2, 0.25) is 6.33 Å². The third kappa shape index (κ3) is 4.97. The topological polar surface area (TPSA) is 105 Å². The number of nitrogens with zero attached hydrogens (tertiary/aromatic N) is 1. The van der Waals surface area contributed by atoms with Gasteiger partial charge < -0.3 is 14.8 Å². The van der Waals surface area contributed by atoms with Gasteiger partial charge in [0, 0.05) is 34.3 Å². The van der Waals surface area contributed by atoms with E-state index in [1.54, 1.807) is 0 Å². The molecule has 4 N–H and O–H groups in total. The monoisotopic (exact) mass is 485 g/mol. The number of aromatic carboxylic acids is 1. The predicted octanol–water partition coefficient (Wildman–Crippen LogP) is 4.48. The fraction of sp³-hybridized carbons (Fsp3) is 0.190. The molecule has 0 unspecified atom stereocenters. The number of alkyl halides is 6. The number of rotatable bonds is 5. The Hall–Kier alpha value is -4.03. The van der Waals surface area contributed by atoms with Gasteiger partial charge in [0.1, 0.15) is 24.4 Å². The van der Waals surface area contributed by atoms with Crippen molar-refractivity contribution in [1.82, 2.24) is 4.98 Å². The lowest BCUT2D eigenvalue weighted by Gasteiger charge is -2.15. The zero-order valence-corrected chi connectivity index (χ0v) is 16.9. The largest absolute Gasteiger partial charge is 0.475 e. The van der Waals surface area contributed by atoms with Gasteiger partial charge >= 0.3 is 18.3 Å². The van der Waals surface area contributed by atoms with Crippen molar-refractivity contribution in [2.24, 2.45) is 4.99 Å². The van der Waals surface area contributed by atoms with Gasteiger partial charge in [0.05, 0.1) is 5.36 Å². The summed E-state index contributed by atoms with van der Waals surface area (Å²) in [5.74, 6) is -1.22. The van der Waals surface area contributed by atoms with Crippen LogP contribution in [0, 0.1) is 0 Å². The molecule has 1 aliphatic heterocycles. The summed E-state index contributed by atoms with van der Waals surface area (Å²) in [6.45, 7) is -2.71. The van der Waals surface area contributed by atoms with E-state index in [-0.39, 0.29) is 33.8 Å². The molecule has 0 atom stereocenters. The average molecular weight is 485 g/mol. The van der Waals surface area contributed by atoms with E-state index < -0.39 is 31.4 Å². The third-order valence-electron chi connectivity index (χ3n) is 4.79. The Balaban J connectivity index is 1.95. The molecule has 2 aliphatic rings. The summed E-state index contributed by atoms with van der Waals surface area (Å²) in [5, 5.41) is 12.1. The number of H-pyrrole nitrogens is 2. The van der Waals surface area contributed by atoms with E-state index in [1.165, 1.54) is 42.7 Å². The van der Waals surface area contributed by atoms with Gasteiger partial charge in [0.15, 0.2) is 5.69 Å². The molecule has 0 spiro atoms. The molecule has 13 heteroatoms. The highest BCUT2D eigenvalue weighted by molar-refractivity contribution is 6.05. The first kappa shape index (κ1) is 23.1. The van der Waals surface area contributed by atoms with E-state index in [4.69, 9.17) is 4.42 Å². The van der Waals surface area contributed by atoms with E-state index in [2.05, 4.69) is 20.3 Å². The van der Waals surface area contributed by atoms with Crippen molar-refractivity contribution in [2.45, 2.75) is 12.4 Å². The summed E-state index contributed by atoms with van der Waals surface area (Å²) in [7, 11) is 0. The number of halogens is 6. The molecule has 0 amide bonds. The Kier molecular flexibility index (Phi) is 5.71. The lowest BCUT2D eigenvalue weighted by Crippen LogP contribution is -2.21. The number of hydrogen-bond acceptors (Lipinski definition) is 4. The number of benzene rings is 2. The number of carbonyl (C=O) groups is 1. The number of carboxylic acids is 1. The van der Waals surface area contributed by atoms with Crippen LogP contribution in [0.5, 0.6) is 0 Å². The van der Waals surface area contributed by atoms with Crippen LogP contribution in [0.4, 0.5) is 32.0 Å². The van der Waals surface area contributed by atoms with E-state index in [9.17, 15) is 36.2 Å². The van der Waals surface area contributed by atoms with Crippen LogP contribution in [0.2, 0.25) is 0 Å². The summed E-state index contributed by atoms with van der Waals surface area (Å²) in [5.41, 5.74) is 0.794. The molecule has 0 saturated heterocycles. The van der Waals surface area contributed by atoms with Gasteiger partial charge in [-0.05, 0) is 24.3 Å². The van der Waals surface area contributed by atoms with E-state index >= 15 is 0 Å². The van der Waals surface area contributed by atoms with Crippen molar-refractivity contribution in [3.8, 4) is 22.6 Å². The zero-order valence-electron chi connectivity index (χ0n) is 16.9. The predicted molar refractivity (Wildman–Crippen MR) is 107 cm³/mol. The maximum Gasteiger partial charge on any atom is 0.407 e. The highest BCUT2D eigenvalue weighted by Gasteiger charge is 2.29. The highest BCUT2D eigenvalue weighted by atomic mass is 19.4. The van der Waals surface area contributed by atoms with E-state index in [0.29, 0.717) is 16.5 Å². The zero-order chi connectivity index (χ0) is 24.7. The third-order valence-corrected chi connectivity index (χ3v) is 4.79. The Labute approximate surface area is 186 Å². The number of imidazole rings is 1. The molecule has 7 nitrogen and oxygen atoms in total. The lowest BCUT2D eigenvalue weighted by atomic mass is 9.96. The van der Waals surface area contributed by atoms with E-state index in [0.717, 1.165) is 0 Å². The Morgan fingerprint density at radius 1 is 1.09 bits per heavy atom. The molecule has 0 radical (unpaired) electrons. The average Bonchev–Trinajstić information content (AvgIpc) is 3.23. The first-order chi connectivity index (χ1) is 15.9. The van der Waals surface area contributed by atoms with Crippen LogP contribution >= 0.6 is 0 Å². The van der Waals surface area contributed by atoms with Crippen LogP contribution in [0.3, 0.4) is 0 Å². The molecule has 1 aliphatic carbocycles. The number of aromatic amines is 2. The summed E-state index contributed by atoms with van der Waals surface area (Å²) >= 11 is 0. The Bertz CT molecular complexity index is 1400. The minimum atomic E-state index is -4.52. The van der Waals surface area contributed by atoms with Crippen molar-refractivity contribution in [1.29, 1.82) is 0 Å². The molecule has 1 aromatic carbocycles. The summed E-state index contributed by atoms with van der Waals surface area (Å²) in [4.78, 5) is 20.5. The van der Waals surface area contributed by atoms with Crippen molar-refractivity contribution in [2.75, 3.05) is 18.4 Å². The van der Waals surface area contributed by atoms with Gasteiger partial charge in [-0.1, -0.05) is 0 Å². The van der Waals surface area contributed by atoms with E-state index in [1.807, 2.05) is 0 Å². The molecule has 0 bridgehead atoms. The molecule has 2 aromatic rings. The second-order valence-corrected chi connectivity index (χ2v) is 7.26. The van der Waals surface area contributed by atoms with Gasteiger partial charge in [-0.3, -0.25) is 4.99 Å². The van der Waals surface area contributed by atoms with Crippen LogP contribution < -0.4 is 15.7 Å². The number of carboxylic acid groups (broad SMARTS) is 1. The fourth-order valence-electron chi connectivity index (χ4n) is 3.43. The second-order valence-electron chi connectivity index (χ2n) is 7.26. The molecule has 178 valence electrons. The molecule has 4 rings (SSSR count). The number of hydrogen-bond donors (Lipinski definition) is 3. The number of nitrogens with one attached hydrogen (secondary N) is 3. The molecule has 0 fully saturated rings. The molecular formula is C21H15F6N4O3+. The van der Waals surface area contributed by atoms with Gasteiger partial charge in [-0.25, -0.2) is 14.8 Å². The number of anilines is 1. The van der Waals surface area contributed by atoms with Crippen molar-refractivity contribution < 1.29 is 45.6 Å². The maximum absolute atomic E-state index is 12.6. The minimum absolute atomic E-state index is 0.0401. The van der Waals surface area contributed by atoms with Crippen molar-refractivity contribution in [3.63, 3.8) is 0 Å². The standard InChI is InChI=1S/C21H14F6N4O3/c22-20(23,24)7-28-10-1-3-12-14(5-10)34-15-6-11(29-8-21(25,26)27)2-4-13(15)16(12)17-18(19(32)33)31-9-30-17/h1-6,9,28H,7-8H2,(H,30,31)(H,32,33)/p+1. The second kappa shape index (κ2) is 8.39. The normalized spacial score (nSPS) is 13.1. The number of aromatic nitrogens is 2. The molecule has 0 saturated carbocycles. The first-order valence-corrected chi connectivity index (χ1v) is 9.62. The Morgan fingerprint density at radius 3 is 2.53 bits per heavy atom. The van der Waals surface area contributed by atoms with Crippen molar-refractivity contribution in [3.05, 3.63) is 53.8 Å². The Morgan fingerprint density at radius 2 is 1.85 bits per heavy atom. The smallest absolute Gasteiger partial charge is 0.407 e. The van der Waals surface area contributed by atoms with Crippen LogP contribution in [0.25, 0.3) is 33.6 Å². The van der Waals surface area contributed by atoms with Gasteiger partial charge in [-0.15, -0.1) is 0 Å².